The third kappa shape index (κ3) is 3.85. The fraction of sp³-hybridized carbons (Fsp3) is 0.300. The molecule has 0 unspecified atom stereocenters. The third-order valence-electron chi connectivity index (χ3n) is 4.82. The number of nitrogens with one attached hydrogen (secondary N) is 1. The number of hydrogen-bond acceptors (Lipinski definition) is 3. The SMILES string of the molecule is O=C(COc1ccc(I)cc1)N1CCC(c2nc3ccccc3[nH]2)CC1. The summed E-state index contributed by atoms with van der Waals surface area (Å²) in [7, 11) is 0. The molecule has 2 aromatic carbocycles. The number of para-hydroxylation sites is 2. The Labute approximate surface area is 165 Å². The van der Waals surface area contributed by atoms with Crippen molar-refractivity contribution in [2.24, 2.45) is 0 Å². The van der Waals surface area contributed by atoms with Crippen molar-refractivity contribution in [1.29, 1.82) is 0 Å². The van der Waals surface area contributed by atoms with E-state index in [9.17, 15) is 4.79 Å². The molecule has 1 N–H and O–H groups in total. The number of halogens is 1. The summed E-state index contributed by atoms with van der Waals surface area (Å²) in [6.07, 6.45) is 1.85. The normalized spacial score (nSPS) is 15.3. The van der Waals surface area contributed by atoms with Crippen molar-refractivity contribution < 1.29 is 9.53 Å². The van der Waals surface area contributed by atoms with Gasteiger partial charge in [-0.3, -0.25) is 4.79 Å². The van der Waals surface area contributed by atoms with Crippen LogP contribution in [0.4, 0.5) is 0 Å². The highest BCUT2D eigenvalue weighted by atomic mass is 127. The van der Waals surface area contributed by atoms with Crippen molar-refractivity contribution in [3.63, 3.8) is 0 Å². The van der Waals surface area contributed by atoms with Crippen LogP contribution in [0, 0.1) is 3.57 Å². The van der Waals surface area contributed by atoms with Crippen molar-refractivity contribution in [2.75, 3.05) is 19.7 Å². The van der Waals surface area contributed by atoms with Crippen molar-refractivity contribution in [1.82, 2.24) is 14.9 Å². The van der Waals surface area contributed by atoms with Crippen molar-refractivity contribution in [2.45, 2.75) is 18.8 Å². The van der Waals surface area contributed by atoms with Crippen LogP contribution in [-0.2, 0) is 4.79 Å². The summed E-state index contributed by atoms with van der Waals surface area (Å²) in [4.78, 5) is 22.4. The van der Waals surface area contributed by atoms with Gasteiger partial charge in [0.1, 0.15) is 11.6 Å². The largest absolute Gasteiger partial charge is 0.484 e. The molecule has 1 saturated heterocycles. The topological polar surface area (TPSA) is 58.2 Å². The van der Waals surface area contributed by atoms with Crippen LogP contribution in [0.5, 0.6) is 5.75 Å². The van der Waals surface area contributed by atoms with Gasteiger partial charge in [-0.15, -0.1) is 0 Å². The number of aromatic amines is 1. The molecule has 1 aliphatic heterocycles. The Hall–Kier alpha value is -2.09. The smallest absolute Gasteiger partial charge is 0.260 e. The summed E-state index contributed by atoms with van der Waals surface area (Å²) < 4.78 is 6.76. The predicted octanol–water partition coefficient (Wildman–Crippen LogP) is 3.95. The van der Waals surface area contributed by atoms with E-state index in [0.717, 1.165) is 52.1 Å². The lowest BCUT2D eigenvalue weighted by atomic mass is 9.96. The molecule has 0 saturated carbocycles. The number of carbonyl (C=O) groups is 1. The molecule has 5 nitrogen and oxygen atoms in total. The zero-order valence-corrected chi connectivity index (χ0v) is 16.5. The van der Waals surface area contributed by atoms with E-state index in [4.69, 9.17) is 9.72 Å². The number of piperidine rings is 1. The monoisotopic (exact) mass is 461 g/mol. The second-order valence-corrected chi connectivity index (χ2v) is 7.78. The van der Waals surface area contributed by atoms with Crippen LogP contribution in [-0.4, -0.2) is 40.5 Å². The van der Waals surface area contributed by atoms with Crippen molar-refractivity contribution >= 4 is 39.5 Å². The number of ether oxygens (including phenoxy) is 1. The van der Waals surface area contributed by atoms with Gasteiger partial charge in [-0.1, -0.05) is 12.1 Å². The maximum absolute atomic E-state index is 12.4. The molecule has 0 spiro atoms. The Morgan fingerprint density at radius 1 is 1.15 bits per heavy atom. The van der Waals surface area contributed by atoms with Gasteiger partial charge in [-0.25, -0.2) is 4.98 Å². The highest BCUT2D eigenvalue weighted by Gasteiger charge is 2.25. The molecule has 1 fully saturated rings. The second kappa shape index (κ2) is 7.65. The van der Waals surface area contributed by atoms with E-state index in [1.165, 1.54) is 0 Å². The molecule has 1 aliphatic rings. The highest BCUT2D eigenvalue weighted by Crippen LogP contribution is 2.27. The number of aromatic nitrogens is 2. The lowest BCUT2D eigenvalue weighted by Crippen LogP contribution is -2.40. The average Bonchev–Trinajstić information content (AvgIpc) is 3.12. The highest BCUT2D eigenvalue weighted by molar-refractivity contribution is 14.1. The first-order chi connectivity index (χ1) is 12.7. The van der Waals surface area contributed by atoms with E-state index in [1.54, 1.807) is 0 Å². The minimum atomic E-state index is 0.0478. The Bertz CT molecular complexity index is 866. The van der Waals surface area contributed by atoms with Crippen molar-refractivity contribution in [3.8, 4) is 5.75 Å². The predicted molar refractivity (Wildman–Crippen MR) is 109 cm³/mol. The number of carbonyl (C=O) groups excluding carboxylic acids is 1. The Morgan fingerprint density at radius 2 is 1.88 bits per heavy atom. The zero-order chi connectivity index (χ0) is 17.9. The number of imidazole rings is 1. The lowest BCUT2D eigenvalue weighted by molar-refractivity contribution is -0.134. The van der Waals surface area contributed by atoms with Gasteiger partial charge in [0.15, 0.2) is 6.61 Å². The molecule has 1 amide bonds. The summed E-state index contributed by atoms with van der Waals surface area (Å²) >= 11 is 2.25. The third-order valence-corrected chi connectivity index (χ3v) is 5.54. The van der Waals surface area contributed by atoms with Crippen molar-refractivity contribution in [3.05, 3.63) is 57.9 Å². The fourth-order valence-corrected chi connectivity index (χ4v) is 3.69. The van der Waals surface area contributed by atoms with Crippen LogP contribution in [0.2, 0.25) is 0 Å². The van der Waals surface area contributed by atoms with E-state index < -0.39 is 0 Å². The van der Waals surface area contributed by atoms with Gasteiger partial charge in [-0.2, -0.15) is 0 Å². The average molecular weight is 461 g/mol. The number of nitrogens with zero attached hydrogens (tertiary/aromatic N) is 2. The van der Waals surface area contributed by atoms with Gasteiger partial charge >= 0.3 is 0 Å². The van der Waals surface area contributed by atoms with Crippen LogP contribution in [0.1, 0.15) is 24.6 Å². The minimum absolute atomic E-state index is 0.0478. The lowest BCUT2D eigenvalue weighted by Gasteiger charge is -2.31. The number of likely N-dealkylation sites (tertiary alicyclic amines) is 1. The quantitative estimate of drug-likeness (QED) is 0.599. The first-order valence-electron chi connectivity index (χ1n) is 8.80. The van der Waals surface area contributed by atoms with Gasteiger partial charge < -0.3 is 14.6 Å². The van der Waals surface area contributed by atoms with Gasteiger partial charge in [0.05, 0.1) is 11.0 Å². The number of benzene rings is 2. The summed E-state index contributed by atoms with van der Waals surface area (Å²) in [6.45, 7) is 1.59. The molecule has 3 aromatic rings. The standard InChI is InChI=1S/C20H20IN3O2/c21-15-5-7-16(8-6-15)26-13-19(25)24-11-9-14(10-12-24)20-22-17-3-1-2-4-18(17)23-20/h1-8,14H,9-13H2,(H,22,23). The number of H-pyrrole nitrogens is 1. The molecule has 4 rings (SSSR count). The maximum atomic E-state index is 12.4. The first-order valence-corrected chi connectivity index (χ1v) is 9.88. The minimum Gasteiger partial charge on any atom is -0.484 e. The first kappa shape index (κ1) is 17.3. The van der Waals surface area contributed by atoms with Gasteiger partial charge in [-0.05, 0) is 71.8 Å². The van der Waals surface area contributed by atoms with Gasteiger partial charge in [0.25, 0.3) is 5.91 Å². The second-order valence-electron chi connectivity index (χ2n) is 6.54. The number of hydrogen-bond donors (Lipinski definition) is 1. The van der Waals surface area contributed by atoms with E-state index in [1.807, 2.05) is 53.4 Å². The Balaban J connectivity index is 1.31. The Morgan fingerprint density at radius 3 is 2.62 bits per heavy atom. The molecule has 1 aromatic heterocycles. The van der Waals surface area contributed by atoms with Crippen LogP contribution < -0.4 is 4.74 Å². The van der Waals surface area contributed by atoms with E-state index in [-0.39, 0.29) is 12.5 Å². The fourth-order valence-electron chi connectivity index (χ4n) is 3.34. The van der Waals surface area contributed by atoms with Gasteiger partial charge in [0.2, 0.25) is 0 Å². The molecule has 134 valence electrons. The molecular weight excluding hydrogens is 441 g/mol. The molecule has 6 heteroatoms. The van der Waals surface area contributed by atoms with Crippen LogP contribution in [0.25, 0.3) is 11.0 Å². The molecule has 0 radical (unpaired) electrons. The summed E-state index contributed by atoms with van der Waals surface area (Å²) in [5.41, 5.74) is 2.08. The molecule has 2 heterocycles. The van der Waals surface area contributed by atoms with Crippen LogP contribution in [0.3, 0.4) is 0 Å². The zero-order valence-electron chi connectivity index (χ0n) is 14.3. The molecule has 0 bridgehead atoms. The van der Waals surface area contributed by atoms with Crippen LogP contribution >= 0.6 is 22.6 Å². The number of fused-ring (bicyclic) bond motifs is 1. The summed E-state index contributed by atoms with van der Waals surface area (Å²) in [5, 5.41) is 0. The van der Waals surface area contributed by atoms with E-state index in [2.05, 4.69) is 27.6 Å². The molecule has 0 atom stereocenters. The van der Waals surface area contributed by atoms with E-state index >= 15 is 0 Å². The van der Waals surface area contributed by atoms with Gasteiger partial charge in [0, 0.05) is 22.6 Å². The molecule has 26 heavy (non-hydrogen) atoms. The number of amides is 1. The Kier molecular flexibility index (Phi) is 5.10. The maximum Gasteiger partial charge on any atom is 0.260 e. The molecular formula is C20H20IN3O2. The van der Waals surface area contributed by atoms with Crippen LogP contribution in [0.15, 0.2) is 48.5 Å². The van der Waals surface area contributed by atoms with E-state index in [0.29, 0.717) is 5.92 Å². The summed E-state index contributed by atoms with van der Waals surface area (Å²) in [6, 6.07) is 15.8. The summed E-state index contributed by atoms with van der Waals surface area (Å²) in [5.74, 6) is 2.19. The number of rotatable bonds is 4. The molecule has 0 aliphatic carbocycles.